The van der Waals surface area contributed by atoms with Crippen molar-refractivity contribution >= 4 is 32.0 Å². The van der Waals surface area contributed by atoms with Crippen LogP contribution in [-0.2, 0) is 13.9 Å². The maximum absolute atomic E-state index is 11.6. The lowest BCUT2D eigenvalue weighted by molar-refractivity contribution is -0.302. The summed E-state index contributed by atoms with van der Waals surface area (Å²) in [7, 11) is -4.61. The molecule has 288 valence electrons. The van der Waals surface area contributed by atoms with Crippen LogP contribution in [0.4, 0.5) is 0 Å². The van der Waals surface area contributed by atoms with Gasteiger partial charge in [-0.3, -0.25) is 0 Å². The fourth-order valence-corrected chi connectivity index (χ4v) is 18.7. The van der Waals surface area contributed by atoms with Gasteiger partial charge in [-0.2, -0.15) is 0 Å². The maximum atomic E-state index is 11.6. The van der Waals surface area contributed by atoms with Crippen molar-refractivity contribution in [1.29, 1.82) is 0 Å². The molecule has 2 fully saturated rings. The SMILES string of the molecule is C[C@@H]1[C@H](CC[C@@H]2C[C@H](CCO[Si](c3ccccc3)(c3ccccc3)C(C)(C)C)OC(C)(C)O2)[C@@H]2C(=C[C@H]1[Si](C)(C)c1ccccc1)[C@H](O)[C@H](C)C[C@@H]2O. The molecule has 0 amide bonds. The van der Waals surface area contributed by atoms with Crippen molar-refractivity contribution < 1.29 is 24.1 Å². The summed E-state index contributed by atoms with van der Waals surface area (Å²) in [5.41, 5.74) is 1.46. The maximum Gasteiger partial charge on any atom is 0.261 e. The van der Waals surface area contributed by atoms with E-state index in [2.05, 4.69) is 145 Å². The van der Waals surface area contributed by atoms with Crippen LogP contribution in [0.15, 0.2) is 103 Å². The average molecular weight is 755 g/mol. The smallest absolute Gasteiger partial charge is 0.261 e. The van der Waals surface area contributed by atoms with Crippen LogP contribution in [0.2, 0.25) is 23.7 Å². The van der Waals surface area contributed by atoms with Crippen molar-refractivity contribution in [3.8, 4) is 0 Å². The lowest BCUT2D eigenvalue weighted by Crippen LogP contribution is -2.66. The highest BCUT2D eigenvalue weighted by molar-refractivity contribution is 6.99. The Morgan fingerprint density at radius 2 is 1.25 bits per heavy atom. The van der Waals surface area contributed by atoms with Gasteiger partial charge in [0.15, 0.2) is 5.79 Å². The Kier molecular flexibility index (Phi) is 12.2. The summed E-state index contributed by atoms with van der Waals surface area (Å²) in [6.07, 6.45) is 5.64. The van der Waals surface area contributed by atoms with E-state index in [9.17, 15) is 10.2 Å². The molecule has 3 aromatic rings. The minimum absolute atomic E-state index is 0.0151. The Bertz CT molecular complexity index is 1610. The minimum atomic E-state index is -2.65. The van der Waals surface area contributed by atoms with E-state index in [1.165, 1.54) is 15.6 Å². The van der Waals surface area contributed by atoms with Crippen LogP contribution in [-0.4, -0.2) is 63.4 Å². The van der Waals surface area contributed by atoms with Gasteiger partial charge in [-0.1, -0.05) is 150 Å². The molecule has 3 aromatic carbocycles. The molecule has 0 spiro atoms. The average Bonchev–Trinajstić information content (AvgIpc) is 3.11. The van der Waals surface area contributed by atoms with E-state index in [0.717, 1.165) is 31.3 Å². The summed E-state index contributed by atoms with van der Waals surface area (Å²) < 4.78 is 20.5. The molecule has 0 unspecified atom stereocenters. The number of hydrogen-bond donors (Lipinski definition) is 2. The number of allylic oxidation sites excluding steroid dienone is 1. The number of fused-ring (bicyclic) bond motifs is 1. The van der Waals surface area contributed by atoms with Crippen LogP contribution in [0.5, 0.6) is 0 Å². The van der Waals surface area contributed by atoms with Gasteiger partial charge >= 0.3 is 0 Å². The number of ether oxygens (including phenoxy) is 2. The first-order valence-corrected chi connectivity index (χ1v) is 25.3. The molecular weight excluding hydrogens is 689 g/mol. The van der Waals surface area contributed by atoms with Crippen LogP contribution in [0.3, 0.4) is 0 Å². The van der Waals surface area contributed by atoms with Gasteiger partial charge in [0.2, 0.25) is 0 Å². The molecule has 6 rings (SSSR count). The first-order valence-electron chi connectivity index (χ1n) is 20.3. The molecule has 0 bridgehead atoms. The lowest BCUT2D eigenvalue weighted by atomic mass is 9.61. The Labute approximate surface area is 322 Å². The highest BCUT2D eigenvalue weighted by Gasteiger charge is 2.52. The van der Waals surface area contributed by atoms with Gasteiger partial charge in [0.1, 0.15) is 0 Å². The third-order valence-electron chi connectivity index (χ3n) is 13.1. The van der Waals surface area contributed by atoms with E-state index < -0.39 is 34.4 Å². The van der Waals surface area contributed by atoms with Crippen molar-refractivity contribution in [2.75, 3.05) is 6.61 Å². The molecule has 0 aromatic heterocycles. The van der Waals surface area contributed by atoms with E-state index in [1.807, 2.05) is 13.8 Å². The largest absolute Gasteiger partial charge is 0.407 e. The van der Waals surface area contributed by atoms with E-state index in [-0.39, 0.29) is 35.0 Å². The van der Waals surface area contributed by atoms with Gasteiger partial charge in [0.25, 0.3) is 8.32 Å². The first-order chi connectivity index (χ1) is 25.0. The van der Waals surface area contributed by atoms with Gasteiger partial charge in [0, 0.05) is 18.9 Å². The normalized spacial score (nSPS) is 30.7. The van der Waals surface area contributed by atoms with Gasteiger partial charge in [-0.25, -0.2) is 0 Å². The zero-order chi connectivity index (χ0) is 38.2. The van der Waals surface area contributed by atoms with Gasteiger partial charge < -0.3 is 24.1 Å². The quantitative estimate of drug-likeness (QED) is 0.153. The van der Waals surface area contributed by atoms with E-state index in [1.54, 1.807) is 0 Å². The van der Waals surface area contributed by atoms with E-state index in [0.29, 0.717) is 24.5 Å². The predicted octanol–water partition coefficient (Wildman–Crippen LogP) is 8.20. The van der Waals surface area contributed by atoms with Crippen LogP contribution in [0.25, 0.3) is 0 Å². The fourth-order valence-electron chi connectivity index (χ4n) is 10.5. The second kappa shape index (κ2) is 16.0. The molecule has 3 aliphatic rings. The summed E-state index contributed by atoms with van der Waals surface area (Å²) >= 11 is 0. The third-order valence-corrected chi connectivity index (χ3v) is 22.4. The third kappa shape index (κ3) is 8.28. The second-order valence-corrected chi connectivity index (χ2v) is 27.5. The Morgan fingerprint density at radius 3 is 1.77 bits per heavy atom. The summed E-state index contributed by atoms with van der Waals surface area (Å²) in [5.74, 6) is -0.0233. The highest BCUT2D eigenvalue weighted by atomic mass is 28.4. The van der Waals surface area contributed by atoms with Crippen molar-refractivity contribution in [3.05, 3.63) is 103 Å². The van der Waals surface area contributed by atoms with Crippen molar-refractivity contribution in [2.24, 2.45) is 23.7 Å². The first kappa shape index (κ1) is 40.3. The fraction of sp³-hybridized carbons (Fsp3) is 0.565. The predicted molar refractivity (Wildman–Crippen MR) is 223 cm³/mol. The molecule has 9 atom stereocenters. The second-order valence-electron chi connectivity index (χ2n) is 18.5. The number of aliphatic hydroxyl groups excluding tert-OH is 2. The topological polar surface area (TPSA) is 68.2 Å². The molecule has 0 radical (unpaired) electrons. The van der Waals surface area contributed by atoms with Crippen molar-refractivity contribution in [3.63, 3.8) is 0 Å². The highest BCUT2D eigenvalue weighted by Crippen LogP contribution is 2.53. The van der Waals surface area contributed by atoms with Crippen LogP contribution in [0, 0.1) is 23.7 Å². The molecule has 1 heterocycles. The Morgan fingerprint density at radius 1 is 0.736 bits per heavy atom. The zero-order valence-electron chi connectivity index (χ0n) is 33.8. The summed E-state index contributed by atoms with van der Waals surface area (Å²) in [4.78, 5) is 0. The lowest BCUT2D eigenvalue weighted by Gasteiger charge is -2.52. The van der Waals surface area contributed by atoms with Gasteiger partial charge in [0.05, 0.1) is 32.5 Å². The molecule has 1 saturated heterocycles. The molecular formula is C46H66O5Si2. The number of hydrogen-bond acceptors (Lipinski definition) is 5. The van der Waals surface area contributed by atoms with Crippen molar-refractivity contribution in [2.45, 2.75) is 134 Å². The summed E-state index contributed by atoms with van der Waals surface area (Å²) in [5, 5.41) is 27.2. The standard InChI is InChI=1S/C46H66O5Si2/c1-32-29-41(47)43-39(33(2)42(31-40(43)44(32)48)52(8,9)36-19-13-10-14-20-36)26-25-34-30-35(51-46(6,7)50-34)27-28-49-53(45(3,4)5,37-21-15-11-16-22-37)38-23-17-12-18-24-38/h10-24,31-35,39,41-44,47-48H,25-30H2,1-9H3/t32-,33-,34-,35+,39+,41+,42-,43-,44-/m1/s1. The molecule has 2 N–H and O–H groups in total. The Hall–Kier alpha value is -2.37. The molecule has 2 aliphatic carbocycles. The van der Waals surface area contributed by atoms with Crippen LogP contribution < -0.4 is 15.6 Å². The Balaban J connectivity index is 1.20. The number of rotatable bonds is 11. The molecule has 1 saturated carbocycles. The number of aliphatic hydroxyl groups is 2. The van der Waals surface area contributed by atoms with Gasteiger partial charge in [-0.05, 0) is 83.8 Å². The van der Waals surface area contributed by atoms with Crippen LogP contribution in [0.1, 0.15) is 80.6 Å². The summed E-state index contributed by atoms with van der Waals surface area (Å²) in [6.45, 7) is 21.2. The monoisotopic (exact) mass is 754 g/mol. The van der Waals surface area contributed by atoms with Crippen molar-refractivity contribution in [1.82, 2.24) is 0 Å². The zero-order valence-corrected chi connectivity index (χ0v) is 35.8. The molecule has 7 heteroatoms. The molecule has 1 aliphatic heterocycles. The van der Waals surface area contributed by atoms with E-state index >= 15 is 0 Å². The van der Waals surface area contributed by atoms with Gasteiger partial charge in [-0.15, -0.1) is 0 Å². The minimum Gasteiger partial charge on any atom is -0.407 e. The molecule has 53 heavy (non-hydrogen) atoms. The van der Waals surface area contributed by atoms with Crippen LogP contribution >= 0.6 is 0 Å². The molecule has 5 nitrogen and oxygen atoms in total. The number of benzene rings is 3. The van der Waals surface area contributed by atoms with E-state index in [4.69, 9.17) is 13.9 Å². The summed E-state index contributed by atoms with van der Waals surface area (Å²) in [6, 6.07) is 32.7.